The maximum absolute atomic E-state index is 12.8. The molecule has 2 atom stereocenters. The molecule has 0 N–H and O–H groups in total. The van der Waals surface area contributed by atoms with E-state index in [-0.39, 0.29) is 42.7 Å². The number of aliphatic carboxylic acids is 1. The van der Waals surface area contributed by atoms with Crippen molar-refractivity contribution >= 4 is 17.9 Å². The van der Waals surface area contributed by atoms with Gasteiger partial charge < -0.3 is 28.6 Å². The Balaban J connectivity index is 4.30. The first-order valence-electron chi connectivity index (χ1n) is 24.8. The normalized spacial score (nSPS) is 13.4. The van der Waals surface area contributed by atoms with E-state index in [0.29, 0.717) is 12.8 Å². The minimum Gasteiger partial charge on any atom is -0.544 e. The van der Waals surface area contributed by atoms with Gasteiger partial charge in [0.05, 0.1) is 40.3 Å². The molecule has 0 aromatic heterocycles. The summed E-state index contributed by atoms with van der Waals surface area (Å²) in [5, 5.41) is 11.7. The third-order valence-electron chi connectivity index (χ3n) is 10.9. The second-order valence-corrected chi connectivity index (χ2v) is 17.7. The van der Waals surface area contributed by atoms with Crippen molar-refractivity contribution in [3.8, 4) is 0 Å². The van der Waals surface area contributed by atoms with E-state index in [4.69, 9.17) is 14.2 Å². The molecule has 2 unspecified atom stereocenters. The molecule has 61 heavy (non-hydrogen) atoms. The van der Waals surface area contributed by atoms with Crippen LogP contribution in [0.4, 0.5) is 0 Å². The number of rotatable bonds is 44. The number of carboxylic acids is 1. The molecule has 0 aliphatic heterocycles. The molecule has 8 nitrogen and oxygen atoms in total. The first kappa shape index (κ1) is 58.0. The summed E-state index contributed by atoms with van der Waals surface area (Å²) >= 11 is 0. The predicted molar refractivity (Wildman–Crippen MR) is 254 cm³/mol. The molecule has 0 aromatic rings. The van der Waals surface area contributed by atoms with Crippen molar-refractivity contribution in [2.24, 2.45) is 0 Å². The van der Waals surface area contributed by atoms with Gasteiger partial charge in [-0.25, -0.2) is 0 Å². The van der Waals surface area contributed by atoms with Crippen molar-refractivity contribution in [3.63, 3.8) is 0 Å². The van der Waals surface area contributed by atoms with E-state index in [9.17, 15) is 19.5 Å². The van der Waals surface area contributed by atoms with Crippen LogP contribution in [-0.2, 0) is 28.6 Å². The Hall–Kier alpha value is -2.97. The topological polar surface area (TPSA) is 102 Å². The predicted octanol–water partition coefficient (Wildman–Crippen LogP) is 12.8. The summed E-state index contributed by atoms with van der Waals surface area (Å²) in [7, 11) is 5.41. The number of esters is 2. The molecule has 0 amide bonds. The molecule has 0 bridgehead atoms. The molecule has 0 aliphatic carbocycles. The van der Waals surface area contributed by atoms with Crippen LogP contribution in [0.3, 0.4) is 0 Å². The maximum atomic E-state index is 12.8. The van der Waals surface area contributed by atoms with E-state index < -0.39 is 18.1 Å². The van der Waals surface area contributed by atoms with Crippen molar-refractivity contribution in [2.45, 2.75) is 219 Å². The molecule has 0 fully saturated rings. The Bertz CT molecular complexity index is 1180. The van der Waals surface area contributed by atoms with E-state index in [1.807, 2.05) is 0 Å². The fourth-order valence-electron chi connectivity index (χ4n) is 7.06. The van der Waals surface area contributed by atoms with Crippen molar-refractivity contribution in [2.75, 3.05) is 41.0 Å². The summed E-state index contributed by atoms with van der Waals surface area (Å²) in [6.45, 7) is 4.54. The van der Waals surface area contributed by atoms with Crippen LogP contribution in [0.1, 0.15) is 206 Å². The van der Waals surface area contributed by atoms with Gasteiger partial charge in [0.25, 0.3) is 0 Å². The number of carbonyl (C=O) groups is 3. The first-order valence-corrected chi connectivity index (χ1v) is 24.8. The highest BCUT2D eigenvalue weighted by molar-refractivity contribution is 5.70. The summed E-state index contributed by atoms with van der Waals surface area (Å²) in [6, 6.07) is -0.731. The zero-order valence-corrected chi connectivity index (χ0v) is 40.1. The van der Waals surface area contributed by atoms with Crippen LogP contribution in [0.2, 0.25) is 0 Å². The van der Waals surface area contributed by atoms with E-state index in [0.717, 1.165) is 77.0 Å². The van der Waals surface area contributed by atoms with Crippen molar-refractivity contribution in [3.05, 3.63) is 60.8 Å². The smallest absolute Gasteiger partial charge is 0.306 e. The van der Waals surface area contributed by atoms with Crippen molar-refractivity contribution < 1.29 is 38.2 Å². The maximum Gasteiger partial charge on any atom is 0.306 e. The highest BCUT2D eigenvalue weighted by atomic mass is 16.6. The van der Waals surface area contributed by atoms with Gasteiger partial charge in [-0.15, -0.1) is 0 Å². The SMILES string of the molecule is CC/C=C/C/C=C/C/C=C/C/C=C/CCCCCCCCCC(=O)OC(COCCC(C(=O)[O-])[N+](C)(C)C)COC(=O)CCCCCCCCC/C=C/CCCCCCCC. The lowest BCUT2D eigenvalue weighted by Gasteiger charge is -2.34. The molecule has 0 heterocycles. The highest BCUT2D eigenvalue weighted by Gasteiger charge is 2.25. The minimum absolute atomic E-state index is 0.0335. The summed E-state index contributed by atoms with van der Waals surface area (Å²) < 4.78 is 17.2. The Labute approximate surface area is 375 Å². The van der Waals surface area contributed by atoms with Gasteiger partial charge >= 0.3 is 11.9 Å². The number of hydrogen-bond donors (Lipinski definition) is 0. The average molecular weight is 856 g/mol. The monoisotopic (exact) mass is 856 g/mol. The fourth-order valence-corrected chi connectivity index (χ4v) is 7.06. The number of carboxylic acid groups (broad SMARTS) is 1. The van der Waals surface area contributed by atoms with Gasteiger partial charge in [0.2, 0.25) is 0 Å². The van der Waals surface area contributed by atoms with Crippen LogP contribution < -0.4 is 5.11 Å². The second-order valence-electron chi connectivity index (χ2n) is 17.7. The molecule has 0 spiro atoms. The van der Waals surface area contributed by atoms with Gasteiger partial charge in [0.1, 0.15) is 12.6 Å². The highest BCUT2D eigenvalue weighted by Crippen LogP contribution is 2.14. The number of quaternary nitrogens is 1. The number of ether oxygens (including phenoxy) is 3. The van der Waals surface area contributed by atoms with Crippen LogP contribution >= 0.6 is 0 Å². The van der Waals surface area contributed by atoms with Gasteiger partial charge in [-0.1, -0.05) is 171 Å². The van der Waals surface area contributed by atoms with Gasteiger partial charge in [0, 0.05) is 19.3 Å². The number of likely N-dealkylation sites (N-methyl/N-ethyl adjacent to an activating group) is 1. The first-order chi connectivity index (χ1) is 29.6. The lowest BCUT2D eigenvalue weighted by molar-refractivity contribution is -0.889. The quantitative estimate of drug-likeness (QED) is 0.0260. The fraction of sp³-hybridized carbons (Fsp3) is 0.755. The molecular formula is C53H93NO7. The van der Waals surface area contributed by atoms with Gasteiger partial charge in [-0.05, 0) is 77.0 Å². The standard InChI is InChI=1S/C53H93NO7/c1-6-8-10-12-14-16-18-20-22-24-25-26-28-30-32-34-36-38-40-42-44-52(56)61-49(47-59-46-45-50(53(57)58)54(3,4)5)48-60-51(55)43-41-39-37-35-33-31-29-27-23-21-19-17-15-13-11-9-7-2/h8,10,14,16,20-23,25-26,49-50H,6-7,9,11-13,15,17-19,24,27-48H2,1-5H3/b10-8+,16-14+,22-20+,23-21+,26-25+. The number of nitrogens with zero attached hydrogens (tertiary/aromatic N) is 1. The molecular weight excluding hydrogens is 763 g/mol. The van der Waals surface area contributed by atoms with E-state index in [1.165, 1.54) is 96.3 Å². The molecule has 8 heteroatoms. The Kier molecular flexibility index (Phi) is 41.5. The van der Waals surface area contributed by atoms with E-state index >= 15 is 0 Å². The second kappa shape index (κ2) is 43.7. The van der Waals surface area contributed by atoms with Crippen LogP contribution in [-0.4, -0.2) is 75.5 Å². The largest absolute Gasteiger partial charge is 0.544 e. The molecule has 0 aromatic carbocycles. The van der Waals surface area contributed by atoms with E-state index in [2.05, 4.69) is 74.6 Å². The molecule has 352 valence electrons. The van der Waals surface area contributed by atoms with Crippen LogP contribution in [0, 0.1) is 0 Å². The number of unbranched alkanes of at least 4 members (excludes halogenated alkanes) is 20. The molecule has 0 saturated heterocycles. The van der Waals surface area contributed by atoms with Crippen molar-refractivity contribution in [1.29, 1.82) is 0 Å². The number of carbonyl (C=O) groups excluding carboxylic acids is 3. The molecule has 0 aliphatic rings. The van der Waals surface area contributed by atoms with Gasteiger partial charge in [0.15, 0.2) is 6.10 Å². The molecule has 0 radical (unpaired) electrons. The molecule has 0 saturated carbocycles. The van der Waals surface area contributed by atoms with Gasteiger partial charge in [-0.3, -0.25) is 9.59 Å². The van der Waals surface area contributed by atoms with Gasteiger partial charge in [-0.2, -0.15) is 0 Å². The van der Waals surface area contributed by atoms with Crippen LogP contribution in [0.25, 0.3) is 0 Å². The summed E-state index contributed by atoms with van der Waals surface area (Å²) in [4.78, 5) is 37.0. The molecule has 0 rings (SSSR count). The summed E-state index contributed by atoms with van der Waals surface area (Å²) in [5.41, 5.74) is 0. The van der Waals surface area contributed by atoms with Crippen molar-refractivity contribution in [1.82, 2.24) is 0 Å². The van der Waals surface area contributed by atoms with Crippen LogP contribution in [0.5, 0.6) is 0 Å². The lowest BCUT2D eigenvalue weighted by atomic mass is 10.1. The third kappa shape index (κ3) is 42.1. The average Bonchev–Trinajstić information content (AvgIpc) is 3.22. The summed E-state index contributed by atoms with van der Waals surface area (Å²) in [5.74, 6) is -1.75. The zero-order chi connectivity index (χ0) is 44.9. The number of hydrogen-bond acceptors (Lipinski definition) is 7. The van der Waals surface area contributed by atoms with E-state index in [1.54, 1.807) is 21.1 Å². The Morgan fingerprint density at radius 2 is 0.918 bits per heavy atom. The van der Waals surface area contributed by atoms with Crippen LogP contribution in [0.15, 0.2) is 60.8 Å². The number of allylic oxidation sites excluding steroid dienone is 10. The minimum atomic E-state index is -1.13. The Morgan fingerprint density at radius 1 is 0.508 bits per heavy atom. The summed E-state index contributed by atoms with van der Waals surface area (Å²) in [6.07, 6.45) is 53.8. The lowest BCUT2D eigenvalue weighted by Crippen LogP contribution is -2.55. The Morgan fingerprint density at radius 3 is 1.38 bits per heavy atom. The third-order valence-corrected chi connectivity index (χ3v) is 10.9. The zero-order valence-electron chi connectivity index (χ0n) is 40.1.